The number of rotatable bonds is 6. The summed E-state index contributed by atoms with van der Waals surface area (Å²) in [6.45, 7) is 0. The Morgan fingerprint density at radius 1 is 1.35 bits per heavy atom. The molecule has 5 N–H and O–H groups in total. The minimum atomic E-state index is -3.77. The fourth-order valence-corrected chi connectivity index (χ4v) is 1.51. The molecule has 9 heteroatoms. The van der Waals surface area contributed by atoms with E-state index in [0.717, 1.165) is 0 Å². The molecule has 0 aromatic heterocycles. The molecule has 0 amide bonds. The average Bonchev–Trinajstić information content (AvgIpc) is 2.38. The number of nitrogens with zero attached hydrogens (tertiary/aromatic N) is 1. The molecule has 0 radical (unpaired) electrons. The first kappa shape index (κ1) is 15.5. The number of phenols is 1. The van der Waals surface area contributed by atoms with Crippen LogP contribution in [0.25, 0.3) is 0 Å². The van der Waals surface area contributed by atoms with E-state index in [4.69, 9.17) is 15.9 Å². The summed E-state index contributed by atoms with van der Waals surface area (Å²) in [5, 5.41) is 37.6. The van der Waals surface area contributed by atoms with Crippen molar-refractivity contribution in [3.05, 3.63) is 39.9 Å². The number of aromatic hydroxyl groups is 1. The Morgan fingerprint density at radius 3 is 2.25 bits per heavy atom. The molecule has 1 aromatic carbocycles. The number of aliphatic hydroxyl groups is 1. The van der Waals surface area contributed by atoms with Crippen molar-refractivity contribution in [2.75, 3.05) is 0 Å². The zero-order chi connectivity index (χ0) is 15.5. The van der Waals surface area contributed by atoms with Gasteiger partial charge in [-0.2, -0.15) is 0 Å². The van der Waals surface area contributed by atoms with Crippen LogP contribution in [0, 0.1) is 10.1 Å². The van der Waals surface area contributed by atoms with Crippen LogP contribution in [0.1, 0.15) is 5.56 Å². The van der Waals surface area contributed by atoms with E-state index in [1.54, 1.807) is 0 Å². The largest absolute Gasteiger partial charge is 0.508 e. The Kier molecular flexibility index (Phi) is 4.38. The summed E-state index contributed by atoms with van der Waals surface area (Å²) in [4.78, 5) is 31.3. The maximum absolute atomic E-state index is 11.7. The summed E-state index contributed by atoms with van der Waals surface area (Å²) in [7, 11) is 0. The third kappa shape index (κ3) is 2.90. The lowest BCUT2D eigenvalue weighted by molar-refractivity contribution is -0.587. The van der Waals surface area contributed by atoms with Gasteiger partial charge in [-0.1, -0.05) is 12.1 Å². The number of aliphatic carboxylic acids is 1. The van der Waals surface area contributed by atoms with E-state index in [1.165, 1.54) is 24.3 Å². The third-order valence-corrected chi connectivity index (χ3v) is 2.63. The quantitative estimate of drug-likeness (QED) is 0.221. The molecular formula is C11H12N2O7. The van der Waals surface area contributed by atoms with Gasteiger partial charge < -0.3 is 21.1 Å². The van der Waals surface area contributed by atoms with Crippen molar-refractivity contribution >= 4 is 11.8 Å². The number of hydrogen-bond acceptors (Lipinski definition) is 7. The third-order valence-electron chi connectivity index (χ3n) is 2.63. The standard InChI is InChI=1S/C11H12N2O7/c12-8(5-6-1-3-7(14)4-2-6)9(15)11(18,10(16)17)13(19)20/h1-4,8,14,18H,5,12H2,(H,16,17)/t8-,11?/m0/s1. The highest BCUT2D eigenvalue weighted by Gasteiger charge is 2.59. The molecule has 0 saturated carbocycles. The van der Waals surface area contributed by atoms with Crippen molar-refractivity contribution in [2.45, 2.75) is 18.2 Å². The molecular weight excluding hydrogens is 272 g/mol. The number of nitro groups is 1. The molecule has 1 rings (SSSR count). The molecule has 0 aliphatic rings. The Bertz CT molecular complexity index is 526. The summed E-state index contributed by atoms with van der Waals surface area (Å²) < 4.78 is 0. The van der Waals surface area contributed by atoms with E-state index < -0.39 is 28.4 Å². The van der Waals surface area contributed by atoms with Crippen LogP contribution in [0.5, 0.6) is 5.75 Å². The number of hydrogen-bond donors (Lipinski definition) is 4. The van der Waals surface area contributed by atoms with Crippen LogP contribution in [0.2, 0.25) is 0 Å². The van der Waals surface area contributed by atoms with Gasteiger partial charge in [0.05, 0.1) is 11.0 Å². The number of benzene rings is 1. The van der Waals surface area contributed by atoms with Crippen molar-refractivity contribution in [1.29, 1.82) is 0 Å². The van der Waals surface area contributed by atoms with Gasteiger partial charge in [-0.15, -0.1) is 0 Å². The van der Waals surface area contributed by atoms with E-state index >= 15 is 0 Å². The topological polar surface area (TPSA) is 164 Å². The van der Waals surface area contributed by atoms with Gasteiger partial charge in [0, 0.05) is 0 Å². The lowest BCUT2D eigenvalue weighted by Gasteiger charge is -2.17. The Morgan fingerprint density at radius 2 is 1.85 bits per heavy atom. The number of carboxylic acid groups (broad SMARTS) is 1. The molecule has 0 saturated heterocycles. The molecule has 0 bridgehead atoms. The first-order valence-electron chi connectivity index (χ1n) is 5.37. The lowest BCUT2D eigenvalue weighted by Crippen LogP contribution is -2.59. The number of phenolic OH excluding ortho intramolecular Hbond substituents is 1. The highest BCUT2D eigenvalue weighted by atomic mass is 16.7. The van der Waals surface area contributed by atoms with E-state index in [9.17, 15) is 24.8 Å². The molecule has 0 fully saturated rings. The van der Waals surface area contributed by atoms with Crippen LogP contribution < -0.4 is 5.73 Å². The van der Waals surface area contributed by atoms with Crippen LogP contribution in [-0.2, 0) is 16.0 Å². The molecule has 2 atom stereocenters. The molecule has 108 valence electrons. The summed E-state index contributed by atoms with van der Waals surface area (Å²) in [6.07, 6.45) is -0.220. The van der Waals surface area contributed by atoms with E-state index in [1.807, 2.05) is 0 Å². The van der Waals surface area contributed by atoms with Gasteiger partial charge in [-0.3, -0.25) is 14.9 Å². The molecule has 9 nitrogen and oxygen atoms in total. The van der Waals surface area contributed by atoms with Crippen molar-refractivity contribution in [3.8, 4) is 5.75 Å². The molecule has 0 aliphatic carbocycles. The van der Waals surface area contributed by atoms with Gasteiger partial charge in [0.15, 0.2) is 0 Å². The van der Waals surface area contributed by atoms with Crippen molar-refractivity contribution < 1.29 is 29.8 Å². The Balaban J connectivity index is 2.93. The fraction of sp³-hybridized carbons (Fsp3) is 0.273. The molecule has 0 aliphatic heterocycles. The maximum atomic E-state index is 11.7. The van der Waals surface area contributed by atoms with Gasteiger partial charge in [-0.25, -0.2) is 4.79 Å². The number of Topliss-reactive ketones (excluding diaryl/α,β-unsaturated/α-hetero) is 1. The van der Waals surface area contributed by atoms with E-state index in [2.05, 4.69) is 0 Å². The van der Waals surface area contributed by atoms with Gasteiger partial charge in [0.2, 0.25) is 0 Å². The molecule has 1 aromatic rings. The summed E-state index contributed by atoms with van der Waals surface area (Å²) in [5.74, 6) is -3.95. The van der Waals surface area contributed by atoms with Crippen LogP contribution in [-0.4, -0.2) is 43.8 Å². The van der Waals surface area contributed by atoms with E-state index in [0.29, 0.717) is 5.56 Å². The zero-order valence-electron chi connectivity index (χ0n) is 10.1. The predicted octanol–water partition coefficient (Wildman–Crippen LogP) is -1.12. The smallest absolute Gasteiger partial charge is 0.480 e. The first-order valence-corrected chi connectivity index (χ1v) is 5.37. The van der Waals surface area contributed by atoms with Gasteiger partial charge in [0.25, 0.3) is 5.78 Å². The Labute approximate surface area is 112 Å². The number of carbonyl (C=O) groups is 2. The Hall–Kier alpha value is -2.52. The molecule has 0 spiro atoms. The normalized spacial score (nSPS) is 15.1. The second-order valence-electron chi connectivity index (χ2n) is 4.08. The number of ketones is 1. The lowest BCUT2D eigenvalue weighted by atomic mass is 9.96. The molecule has 20 heavy (non-hydrogen) atoms. The van der Waals surface area contributed by atoms with Crippen LogP contribution in [0.3, 0.4) is 0 Å². The summed E-state index contributed by atoms with van der Waals surface area (Å²) in [5.41, 5.74) is 2.09. The van der Waals surface area contributed by atoms with Gasteiger partial charge in [0.1, 0.15) is 5.75 Å². The van der Waals surface area contributed by atoms with Crippen LogP contribution in [0.4, 0.5) is 0 Å². The van der Waals surface area contributed by atoms with Gasteiger partial charge in [-0.05, 0) is 24.1 Å². The van der Waals surface area contributed by atoms with Crippen molar-refractivity contribution in [1.82, 2.24) is 0 Å². The second kappa shape index (κ2) is 5.63. The maximum Gasteiger partial charge on any atom is 0.480 e. The van der Waals surface area contributed by atoms with Gasteiger partial charge >= 0.3 is 11.7 Å². The fourth-order valence-electron chi connectivity index (χ4n) is 1.51. The molecule has 0 heterocycles. The zero-order valence-corrected chi connectivity index (χ0v) is 10.1. The number of carboxylic acids is 1. The molecule has 1 unspecified atom stereocenters. The first-order chi connectivity index (χ1) is 9.19. The SMILES string of the molecule is N[C@@H](Cc1ccc(O)cc1)C(=O)C(O)(C(=O)O)[N+](=O)[O-]. The second-order valence-corrected chi connectivity index (χ2v) is 4.08. The number of carbonyl (C=O) groups excluding carboxylic acids is 1. The van der Waals surface area contributed by atoms with Crippen LogP contribution >= 0.6 is 0 Å². The van der Waals surface area contributed by atoms with Crippen molar-refractivity contribution in [2.24, 2.45) is 5.73 Å². The highest BCUT2D eigenvalue weighted by molar-refractivity contribution is 6.06. The highest BCUT2D eigenvalue weighted by Crippen LogP contribution is 2.15. The average molecular weight is 284 g/mol. The summed E-state index contributed by atoms with van der Waals surface area (Å²) >= 11 is 0. The van der Waals surface area contributed by atoms with Crippen LogP contribution in [0.15, 0.2) is 24.3 Å². The minimum absolute atomic E-state index is 0.0269. The van der Waals surface area contributed by atoms with E-state index in [-0.39, 0.29) is 12.2 Å². The minimum Gasteiger partial charge on any atom is -0.508 e. The summed E-state index contributed by atoms with van der Waals surface area (Å²) in [6, 6.07) is 3.86. The number of nitrogens with two attached hydrogens (primary N) is 1. The monoisotopic (exact) mass is 284 g/mol. The predicted molar refractivity (Wildman–Crippen MR) is 64.4 cm³/mol. The van der Waals surface area contributed by atoms with Crippen molar-refractivity contribution in [3.63, 3.8) is 0 Å².